The predicted octanol–water partition coefficient (Wildman–Crippen LogP) is 3.51. The van der Waals surface area contributed by atoms with Crippen molar-refractivity contribution in [2.45, 2.75) is 33.2 Å². The van der Waals surface area contributed by atoms with E-state index in [1.54, 1.807) is 37.3 Å². The quantitative estimate of drug-likeness (QED) is 0.559. The fourth-order valence-electron chi connectivity index (χ4n) is 2.55. The number of ether oxygens (including phenoxy) is 1. The van der Waals surface area contributed by atoms with E-state index in [0.717, 1.165) is 6.42 Å². The fourth-order valence-corrected chi connectivity index (χ4v) is 2.83. The standard InChI is InChI=1S/C19H20ClNO4/c1-3-8-14-11-15(20)17(19(24)25-4-2)18(23)21(14)12-16(22)13-9-6-5-7-10-13/h5-7,9-11H,3-4,8,12H2,1-2H3. The molecule has 0 radical (unpaired) electrons. The number of pyridine rings is 1. The molecule has 0 aliphatic carbocycles. The summed E-state index contributed by atoms with van der Waals surface area (Å²) in [7, 11) is 0. The molecule has 0 amide bonds. The van der Waals surface area contributed by atoms with Gasteiger partial charge in [-0.3, -0.25) is 9.59 Å². The maximum atomic E-state index is 12.8. The second-order valence-corrected chi connectivity index (χ2v) is 5.92. The highest BCUT2D eigenvalue weighted by molar-refractivity contribution is 6.33. The molecule has 0 fully saturated rings. The Morgan fingerprint density at radius 1 is 1.16 bits per heavy atom. The van der Waals surface area contributed by atoms with Crippen molar-refractivity contribution < 1.29 is 14.3 Å². The summed E-state index contributed by atoms with van der Waals surface area (Å²) in [6.45, 7) is 3.59. The van der Waals surface area contributed by atoms with E-state index in [1.807, 2.05) is 13.0 Å². The van der Waals surface area contributed by atoms with E-state index in [-0.39, 0.29) is 29.5 Å². The van der Waals surface area contributed by atoms with Crippen molar-refractivity contribution in [1.82, 2.24) is 4.57 Å². The molecule has 0 spiro atoms. The summed E-state index contributed by atoms with van der Waals surface area (Å²) < 4.78 is 6.23. The minimum absolute atomic E-state index is 0.0512. The van der Waals surface area contributed by atoms with Crippen molar-refractivity contribution in [2.24, 2.45) is 0 Å². The van der Waals surface area contributed by atoms with Gasteiger partial charge in [0.1, 0.15) is 5.56 Å². The molecule has 1 aromatic carbocycles. The van der Waals surface area contributed by atoms with Gasteiger partial charge in [0.25, 0.3) is 5.56 Å². The van der Waals surface area contributed by atoms with Gasteiger partial charge >= 0.3 is 5.97 Å². The lowest BCUT2D eigenvalue weighted by Crippen LogP contribution is -2.32. The summed E-state index contributed by atoms with van der Waals surface area (Å²) >= 11 is 6.13. The van der Waals surface area contributed by atoms with Gasteiger partial charge in [0.2, 0.25) is 0 Å². The number of halogens is 1. The molecular weight excluding hydrogens is 342 g/mol. The fraction of sp³-hybridized carbons (Fsp3) is 0.316. The van der Waals surface area contributed by atoms with Gasteiger partial charge in [-0.15, -0.1) is 0 Å². The summed E-state index contributed by atoms with van der Waals surface area (Å²) in [5.41, 5.74) is 0.294. The zero-order valence-corrected chi connectivity index (χ0v) is 15.0. The highest BCUT2D eigenvalue weighted by Gasteiger charge is 2.22. The summed E-state index contributed by atoms with van der Waals surface area (Å²) in [5, 5.41) is 0.0512. The van der Waals surface area contributed by atoms with Crippen LogP contribution in [0.5, 0.6) is 0 Å². The van der Waals surface area contributed by atoms with Crippen LogP contribution in [0, 0.1) is 0 Å². The topological polar surface area (TPSA) is 65.4 Å². The van der Waals surface area contributed by atoms with Gasteiger partial charge in [0.05, 0.1) is 18.2 Å². The van der Waals surface area contributed by atoms with Gasteiger partial charge in [-0.25, -0.2) is 4.79 Å². The number of aryl methyl sites for hydroxylation is 1. The van der Waals surface area contributed by atoms with Crippen LogP contribution in [0.2, 0.25) is 5.02 Å². The second-order valence-electron chi connectivity index (χ2n) is 5.51. The molecule has 0 saturated carbocycles. The Labute approximate surface area is 151 Å². The third-order valence-corrected chi connectivity index (χ3v) is 4.02. The van der Waals surface area contributed by atoms with Crippen molar-refractivity contribution in [3.05, 3.63) is 68.6 Å². The SMILES string of the molecule is CCCc1cc(Cl)c(C(=O)OCC)c(=O)n1CC(=O)c1ccccc1. The summed E-state index contributed by atoms with van der Waals surface area (Å²) in [6, 6.07) is 10.3. The van der Waals surface area contributed by atoms with Crippen LogP contribution >= 0.6 is 11.6 Å². The first-order valence-corrected chi connectivity index (χ1v) is 8.54. The molecule has 1 heterocycles. The first-order valence-electron chi connectivity index (χ1n) is 8.17. The van der Waals surface area contributed by atoms with Crippen LogP contribution in [0.4, 0.5) is 0 Å². The number of hydrogen-bond donors (Lipinski definition) is 0. The molecule has 0 aliphatic heterocycles. The first-order chi connectivity index (χ1) is 12.0. The van der Waals surface area contributed by atoms with E-state index in [2.05, 4.69) is 0 Å². The molecule has 132 valence electrons. The van der Waals surface area contributed by atoms with Crippen LogP contribution < -0.4 is 5.56 Å². The molecule has 0 saturated heterocycles. The Kier molecular flexibility index (Phi) is 6.53. The normalized spacial score (nSPS) is 10.5. The van der Waals surface area contributed by atoms with Gasteiger partial charge < -0.3 is 9.30 Å². The van der Waals surface area contributed by atoms with E-state index < -0.39 is 11.5 Å². The minimum Gasteiger partial charge on any atom is -0.462 e. The van der Waals surface area contributed by atoms with Crippen molar-refractivity contribution in [3.63, 3.8) is 0 Å². The lowest BCUT2D eigenvalue weighted by Gasteiger charge is -2.15. The minimum atomic E-state index is -0.776. The van der Waals surface area contributed by atoms with Gasteiger partial charge in [0.15, 0.2) is 5.78 Å². The Morgan fingerprint density at radius 3 is 2.44 bits per heavy atom. The largest absolute Gasteiger partial charge is 0.462 e. The first kappa shape index (κ1) is 18.9. The van der Waals surface area contributed by atoms with Crippen LogP contribution in [-0.2, 0) is 17.7 Å². The average Bonchev–Trinajstić information content (AvgIpc) is 2.59. The van der Waals surface area contributed by atoms with E-state index in [1.165, 1.54) is 4.57 Å². The Morgan fingerprint density at radius 2 is 1.84 bits per heavy atom. The third-order valence-electron chi connectivity index (χ3n) is 3.72. The lowest BCUT2D eigenvalue weighted by atomic mass is 10.1. The molecule has 6 heteroatoms. The molecule has 25 heavy (non-hydrogen) atoms. The third kappa shape index (κ3) is 4.37. The van der Waals surface area contributed by atoms with Crippen LogP contribution in [0.3, 0.4) is 0 Å². The van der Waals surface area contributed by atoms with Gasteiger partial charge in [-0.1, -0.05) is 55.3 Å². The van der Waals surface area contributed by atoms with Crippen molar-refractivity contribution in [3.8, 4) is 0 Å². The van der Waals surface area contributed by atoms with E-state index in [9.17, 15) is 14.4 Å². The zero-order chi connectivity index (χ0) is 18.4. The van der Waals surface area contributed by atoms with Crippen LogP contribution in [0.15, 0.2) is 41.2 Å². The van der Waals surface area contributed by atoms with E-state index in [0.29, 0.717) is 17.7 Å². The molecule has 1 aromatic heterocycles. The Balaban J connectivity index is 2.50. The number of esters is 1. The number of carbonyl (C=O) groups is 2. The molecular formula is C19H20ClNO4. The highest BCUT2D eigenvalue weighted by atomic mass is 35.5. The Bertz CT molecular complexity index is 827. The van der Waals surface area contributed by atoms with Crippen molar-refractivity contribution >= 4 is 23.4 Å². The smallest absolute Gasteiger partial charge is 0.345 e. The number of nitrogens with zero attached hydrogens (tertiary/aromatic N) is 1. The molecule has 5 nitrogen and oxygen atoms in total. The number of Topliss-reactive ketones (excluding diaryl/α,β-unsaturated/α-hetero) is 1. The zero-order valence-electron chi connectivity index (χ0n) is 14.3. The molecule has 0 aliphatic rings. The molecule has 0 atom stereocenters. The van der Waals surface area contributed by atoms with Gasteiger partial charge in [-0.2, -0.15) is 0 Å². The van der Waals surface area contributed by atoms with E-state index >= 15 is 0 Å². The number of carbonyl (C=O) groups excluding carboxylic acids is 2. The average molecular weight is 362 g/mol. The number of ketones is 1. The molecule has 0 unspecified atom stereocenters. The summed E-state index contributed by atoms with van der Waals surface area (Å²) in [5.74, 6) is -0.987. The summed E-state index contributed by atoms with van der Waals surface area (Å²) in [4.78, 5) is 37.4. The second kappa shape index (κ2) is 8.62. The van der Waals surface area contributed by atoms with E-state index in [4.69, 9.17) is 16.3 Å². The molecule has 2 aromatic rings. The van der Waals surface area contributed by atoms with Crippen molar-refractivity contribution in [2.75, 3.05) is 6.61 Å². The number of rotatable bonds is 7. The van der Waals surface area contributed by atoms with Crippen LogP contribution in [0.1, 0.15) is 46.7 Å². The van der Waals surface area contributed by atoms with Crippen molar-refractivity contribution in [1.29, 1.82) is 0 Å². The highest BCUT2D eigenvalue weighted by Crippen LogP contribution is 2.17. The predicted molar refractivity (Wildman–Crippen MR) is 96.4 cm³/mol. The maximum Gasteiger partial charge on any atom is 0.345 e. The monoisotopic (exact) mass is 361 g/mol. The van der Waals surface area contributed by atoms with Gasteiger partial charge in [-0.05, 0) is 19.4 Å². The molecule has 0 bridgehead atoms. The molecule has 0 N–H and O–H groups in total. The number of aromatic nitrogens is 1. The van der Waals surface area contributed by atoms with Crippen LogP contribution in [0.25, 0.3) is 0 Å². The van der Waals surface area contributed by atoms with Crippen LogP contribution in [-0.4, -0.2) is 22.9 Å². The van der Waals surface area contributed by atoms with Gasteiger partial charge in [0, 0.05) is 11.3 Å². The lowest BCUT2D eigenvalue weighted by molar-refractivity contribution is 0.0523. The number of hydrogen-bond acceptors (Lipinski definition) is 4. The number of benzene rings is 1. The maximum absolute atomic E-state index is 12.8. The molecule has 2 rings (SSSR count). The Hall–Kier alpha value is -2.40. The summed E-state index contributed by atoms with van der Waals surface area (Å²) in [6.07, 6.45) is 1.34.